The third kappa shape index (κ3) is 4.51. The molecular weight excluding hydrogens is 350 g/mol. The van der Waals surface area contributed by atoms with Crippen LogP contribution in [0.1, 0.15) is 40.7 Å². The van der Waals surface area contributed by atoms with Gasteiger partial charge in [-0.25, -0.2) is 4.68 Å². The molecule has 0 bridgehead atoms. The molecule has 3 heterocycles. The number of carbonyl (C=O) groups is 2. The van der Waals surface area contributed by atoms with E-state index in [0.29, 0.717) is 31.9 Å². The second kappa shape index (κ2) is 8.76. The predicted molar refractivity (Wildman–Crippen MR) is 96.2 cm³/mol. The van der Waals surface area contributed by atoms with Gasteiger partial charge >= 0.3 is 0 Å². The van der Waals surface area contributed by atoms with Crippen LogP contribution in [0.3, 0.4) is 0 Å². The lowest BCUT2D eigenvalue weighted by Crippen LogP contribution is -2.38. The molecule has 1 N–H and O–H groups in total. The molecule has 10 nitrogen and oxygen atoms in total. The number of aryl methyl sites for hydroxylation is 1. The third-order valence-electron chi connectivity index (χ3n) is 4.58. The summed E-state index contributed by atoms with van der Waals surface area (Å²) < 4.78 is 8.26. The lowest BCUT2D eigenvalue weighted by Gasteiger charge is -2.23. The van der Waals surface area contributed by atoms with Crippen LogP contribution in [0.4, 0.5) is 0 Å². The molecule has 0 radical (unpaired) electrons. The van der Waals surface area contributed by atoms with E-state index in [1.165, 1.54) is 0 Å². The Morgan fingerprint density at radius 3 is 2.93 bits per heavy atom. The fourth-order valence-electron chi connectivity index (χ4n) is 3.16. The highest BCUT2D eigenvalue weighted by atomic mass is 16.5. The van der Waals surface area contributed by atoms with Crippen molar-refractivity contribution < 1.29 is 14.3 Å². The molecule has 1 atom stereocenters. The van der Waals surface area contributed by atoms with Crippen LogP contribution in [0, 0.1) is 0 Å². The molecule has 2 aromatic rings. The molecule has 2 aromatic heterocycles. The Labute approximate surface area is 157 Å². The van der Waals surface area contributed by atoms with E-state index in [9.17, 15) is 9.59 Å². The molecule has 10 heteroatoms. The van der Waals surface area contributed by atoms with Gasteiger partial charge in [0.2, 0.25) is 0 Å². The average molecular weight is 375 g/mol. The first-order valence-corrected chi connectivity index (χ1v) is 9.14. The number of nitrogens with zero attached hydrogens (tertiary/aromatic N) is 6. The number of methoxy groups -OCH3 is 1. The Bertz CT molecular complexity index is 785. The number of ether oxygens (including phenoxy) is 1. The summed E-state index contributed by atoms with van der Waals surface area (Å²) in [7, 11) is 1.57. The summed E-state index contributed by atoms with van der Waals surface area (Å²) in [6.07, 6.45) is 5.23. The zero-order valence-electron chi connectivity index (χ0n) is 15.7. The van der Waals surface area contributed by atoms with Gasteiger partial charge in [-0.1, -0.05) is 5.21 Å². The first kappa shape index (κ1) is 19.0. The van der Waals surface area contributed by atoms with Gasteiger partial charge in [-0.15, -0.1) is 5.10 Å². The zero-order chi connectivity index (χ0) is 19.2. The molecule has 1 fully saturated rings. The molecule has 0 aliphatic carbocycles. The van der Waals surface area contributed by atoms with Crippen LogP contribution in [-0.4, -0.2) is 74.3 Å². The van der Waals surface area contributed by atoms with Crippen molar-refractivity contribution in [3.05, 3.63) is 29.8 Å². The maximum atomic E-state index is 12.8. The summed E-state index contributed by atoms with van der Waals surface area (Å²) in [6.45, 7) is 4.75. The summed E-state index contributed by atoms with van der Waals surface area (Å²) in [5, 5.41) is 15.0. The lowest BCUT2D eigenvalue weighted by molar-refractivity contribution is 0.0714. The summed E-state index contributed by atoms with van der Waals surface area (Å²) in [4.78, 5) is 26.6. The number of aromatic nitrogens is 5. The quantitative estimate of drug-likeness (QED) is 0.660. The molecule has 1 saturated heterocycles. The molecule has 146 valence electrons. The van der Waals surface area contributed by atoms with E-state index < -0.39 is 0 Å². The van der Waals surface area contributed by atoms with Gasteiger partial charge in [-0.05, 0) is 25.8 Å². The molecule has 0 aromatic carbocycles. The fourth-order valence-corrected chi connectivity index (χ4v) is 3.16. The molecule has 0 spiro atoms. The first-order valence-electron chi connectivity index (χ1n) is 9.14. The third-order valence-corrected chi connectivity index (χ3v) is 4.58. The zero-order valence-corrected chi connectivity index (χ0v) is 15.7. The van der Waals surface area contributed by atoms with Crippen molar-refractivity contribution in [2.45, 2.75) is 38.9 Å². The van der Waals surface area contributed by atoms with Crippen molar-refractivity contribution in [3.63, 3.8) is 0 Å². The van der Waals surface area contributed by atoms with E-state index in [1.807, 2.05) is 18.0 Å². The lowest BCUT2D eigenvalue weighted by atomic mass is 10.2. The van der Waals surface area contributed by atoms with Crippen LogP contribution in [0.25, 0.3) is 0 Å². The summed E-state index contributed by atoms with van der Waals surface area (Å²) in [5.41, 5.74) is 0.712. The maximum Gasteiger partial charge on any atom is 0.274 e. The molecule has 27 heavy (non-hydrogen) atoms. The molecule has 2 amide bonds. The van der Waals surface area contributed by atoms with Crippen molar-refractivity contribution in [2.24, 2.45) is 0 Å². The monoisotopic (exact) mass is 375 g/mol. The van der Waals surface area contributed by atoms with Crippen molar-refractivity contribution in [3.8, 4) is 0 Å². The number of hydrogen-bond donors (Lipinski definition) is 1. The second-order valence-corrected chi connectivity index (χ2v) is 6.43. The number of rotatable bonds is 8. The molecule has 0 unspecified atom stereocenters. The highest BCUT2D eigenvalue weighted by Crippen LogP contribution is 2.21. The molecule has 1 aliphatic heterocycles. The van der Waals surface area contributed by atoms with Crippen molar-refractivity contribution in [1.29, 1.82) is 0 Å². The van der Waals surface area contributed by atoms with Crippen molar-refractivity contribution in [1.82, 2.24) is 35.0 Å². The highest BCUT2D eigenvalue weighted by Gasteiger charge is 2.31. The molecular formula is C17H25N7O3. The van der Waals surface area contributed by atoms with Crippen LogP contribution in [0.2, 0.25) is 0 Å². The topological polar surface area (TPSA) is 107 Å². The van der Waals surface area contributed by atoms with Gasteiger partial charge in [-0.3, -0.25) is 14.3 Å². The van der Waals surface area contributed by atoms with E-state index in [2.05, 4.69) is 20.7 Å². The minimum atomic E-state index is -0.289. The molecule has 0 saturated carbocycles. The standard InChI is InChI=1S/C17H25N7O3/c1-3-22-9-6-14(20-22)17(26)24-8-4-5-13(24)11-23-12-15(19-21-23)16(25)18-7-10-27-2/h6,9,12-13H,3-5,7-8,10-11H2,1-2H3,(H,18,25)/t13-/m0/s1. The van der Waals surface area contributed by atoms with Gasteiger partial charge in [0, 0.05) is 32.9 Å². The Hall–Kier alpha value is -2.75. The summed E-state index contributed by atoms with van der Waals surface area (Å²) in [6, 6.07) is 1.76. The molecule has 3 rings (SSSR count). The van der Waals surface area contributed by atoms with Gasteiger partial charge in [0.1, 0.15) is 5.69 Å². The minimum Gasteiger partial charge on any atom is -0.383 e. The molecule has 1 aliphatic rings. The highest BCUT2D eigenvalue weighted by molar-refractivity contribution is 5.92. The smallest absolute Gasteiger partial charge is 0.274 e. The SMILES string of the molecule is CCn1ccc(C(=O)N2CCC[C@H]2Cn2cc(C(=O)NCCOC)nn2)n1. The maximum absolute atomic E-state index is 12.8. The van der Waals surface area contributed by atoms with Crippen LogP contribution < -0.4 is 5.32 Å². The summed E-state index contributed by atoms with van der Waals surface area (Å²) >= 11 is 0. The predicted octanol–water partition coefficient (Wildman–Crippen LogP) is 0.176. The van der Waals surface area contributed by atoms with E-state index in [0.717, 1.165) is 19.4 Å². The number of nitrogens with one attached hydrogen (secondary N) is 1. The number of carbonyl (C=O) groups excluding carboxylic acids is 2. The Kier molecular flexibility index (Phi) is 6.17. The van der Waals surface area contributed by atoms with E-state index in [-0.39, 0.29) is 23.6 Å². The van der Waals surface area contributed by atoms with Gasteiger partial charge in [0.15, 0.2) is 5.69 Å². The number of hydrogen-bond acceptors (Lipinski definition) is 6. The Balaban J connectivity index is 1.61. The van der Waals surface area contributed by atoms with Gasteiger partial charge in [0.25, 0.3) is 11.8 Å². The van der Waals surface area contributed by atoms with Gasteiger partial charge in [-0.2, -0.15) is 5.10 Å². The van der Waals surface area contributed by atoms with Crippen LogP contribution in [-0.2, 0) is 17.8 Å². The second-order valence-electron chi connectivity index (χ2n) is 6.43. The van der Waals surface area contributed by atoms with E-state index >= 15 is 0 Å². The van der Waals surface area contributed by atoms with E-state index in [4.69, 9.17) is 4.74 Å². The van der Waals surface area contributed by atoms with Gasteiger partial charge in [0.05, 0.1) is 25.4 Å². The fraction of sp³-hybridized carbons (Fsp3) is 0.588. The number of amides is 2. The van der Waals surface area contributed by atoms with Gasteiger partial charge < -0.3 is 15.0 Å². The minimum absolute atomic E-state index is 0.00961. The first-order chi connectivity index (χ1) is 13.1. The largest absolute Gasteiger partial charge is 0.383 e. The number of likely N-dealkylation sites (tertiary alicyclic amines) is 1. The van der Waals surface area contributed by atoms with E-state index in [1.54, 1.807) is 28.7 Å². The normalized spacial score (nSPS) is 16.7. The van der Waals surface area contributed by atoms with Crippen LogP contribution in [0.15, 0.2) is 18.5 Å². The van der Waals surface area contributed by atoms with Crippen LogP contribution >= 0.6 is 0 Å². The van der Waals surface area contributed by atoms with Crippen molar-refractivity contribution >= 4 is 11.8 Å². The Morgan fingerprint density at radius 1 is 1.33 bits per heavy atom. The van der Waals surface area contributed by atoms with Crippen molar-refractivity contribution in [2.75, 3.05) is 26.8 Å². The average Bonchev–Trinajstić information content (AvgIpc) is 3.42. The summed E-state index contributed by atoms with van der Waals surface area (Å²) in [5.74, 6) is -0.356. The Morgan fingerprint density at radius 2 is 2.19 bits per heavy atom. The van der Waals surface area contributed by atoms with Crippen LogP contribution in [0.5, 0.6) is 0 Å².